The SMILES string of the molecule is CC.CC.CC.CC(=O)OCc1ccc(CC(C)C)c(COC(=O)C(C)C)c1.CC(C)Cc1ccc(COC(=O)C(C)C)cc1.COc1ccc(COC(=O)N(C)CCN(C)C(=O)OC(C)C)cc1NC(=O)CCNC(C)C. The second kappa shape index (κ2) is 44.8. The number of amides is 3. The molecule has 3 aromatic carbocycles. The summed E-state index contributed by atoms with van der Waals surface area (Å²) in [6.07, 6.45) is 1.15. The van der Waals surface area contributed by atoms with E-state index in [2.05, 4.69) is 50.5 Å². The quantitative estimate of drug-likeness (QED) is 0.0637. The molecule has 0 spiro atoms. The molecule has 0 heterocycles. The summed E-state index contributed by atoms with van der Waals surface area (Å²) in [6, 6.07) is 19.7. The smallest absolute Gasteiger partial charge is 0.409 e. The highest BCUT2D eigenvalue weighted by Gasteiger charge is 2.17. The molecule has 0 aromatic heterocycles. The van der Waals surface area contributed by atoms with Gasteiger partial charge in [-0.25, -0.2) is 9.59 Å². The molecular formula is C62H104N4O12. The van der Waals surface area contributed by atoms with Gasteiger partial charge in [-0.1, -0.05) is 153 Å². The average molecular weight is 1100 g/mol. The Morgan fingerprint density at radius 3 is 1.47 bits per heavy atom. The van der Waals surface area contributed by atoms with Crippen LogP contribution >= 0.6 is 0 Å². The van der Waals surface area contributed by atoms with E-state index in [1.165, 1.54) is 29.4 Å². The Hall–Kier alpha value is -6.16. The summed E-state index contributed by atoms with van der Waals surface area (Å²) in [7, 11) is 4.72. The van der Waals surface area contributed by atoms with Gasteiger partial charge in [0.1, 0.15) is 32.2 Å². The van der Waals surface area contributed by atoms with Gasteiger partial charge in [0.25, 0.3) is 0 Å². The maximum Gasteiger partial charge on any atom is 0.409 e. The zero-order valence-corrected chi connectivity index (χ0v) is 52.1. The third-order valence-electron chi connectivity index (χ3n) is 10.2. The molecule has 0 saturated carbocycles. The molecule has 2 N–H and O–H groups in total. The van der Waals surface area contributed by atoms with Gasteiger partial charge in [0.15, 0.2) is 0 Å². The van der Waals surface area contributed by atoms with Gasteiger partial charge in [0.05, 0.1) is 30.7 Å². The molecule has 3 aromatic rings. The van der Waals surface area contributed by atoms with E-state index in [-0.39, 0.29) is 68.1 Å². The number of benzene rings is 3. The lowest BCUT2D eigenvalue weighted by atomic mass is 9.96. The standard InChI is InChI=1S/C23H38N4O6.C18H26O4.C15H22O2.3C2H6/c1-16(2)24-11-10-21(28)25-19-14-18(8-9-20(19)31-7)15-32-22(29)26(5)12-13-27(6)23(30)33-17(3)4;1-12(2)8-16-7-6-15(10-21-14(5)19)9-17(16)11-22-18(20)13(3)4;1-11(2)9-13-5-7-14(8-6-13)10-17-15(16)12(3)4;3*1-2/h8-9,14,16-17,24H,10-13,15H2,1-7H3,(H,25,28);6-7,9,12-13H,8,10-11H2,1-5H3;5-8,11-12H,9-10H2,1-4H3;3*1-2H3. The lowest BCUT2D eigenvalue weighted by Gasteiger charge is -2.22. The van der Waals surface area contributed by atoms with Crippen molar-refractivity contribution in [2.45, 2.75) is 189 Å². The zero-order chi connectivity index (χ0) is 60.5. The summed E-state index contributed by atoms with van der Waals surface area (Å²) in [6.45, 7) is 39.0. The van der Waals surface area contributed by atoms with Gasteiger partial charge in [-0.05, 0) is 90.1 Å². The predicted molar refractivity (Wildman–Crippen MR) is 315 cm³/mol. The topological polar surface area (TPSA) is 188 Å². The van der Waals surface area contributed by atoms with Crippen LogP contribution in [0.3, 0.4) is 0 Å². The fraction of sp³-hybridized carbons (Fsp3) is 0.613. The Bertz CT molecular complexity index is 2120. The molecule has 0 fully saturated rings. The van der Waals surface area contributed by atoms with Crippen molar-refractivity contribution < 1.29 is 57.2 Å². The van der Waals surface area contributed by atoms with Gasteiger partial charge in [-0.2, -0.15) is 0 Å². The summed E-state index contributed by atoms with van der Waals surface area (Å²) in [4.78, 5) is 73.0. The molecule has 0 radical (unpaired) electrons. The van der Waals surface area contributed by atoms with Crippen molar-refractivity contribution in [1.82, 2.24) is 15.1 Å². The fourth-order valence-corrected chi connectivity index (χ4v) is 6.27. The number of ether oxygens (including phenoxy) is 6. The molecule has 0 bridgehead atoms. The van der Waals surface area contributed by atoms with Crippen molar-refractivity contribution in [1.29, 1.82) is 0 Å². The van der Waals surface area contributed by atoms with Crippen molar-refractivity contribution in [3.8, 4) is 5.75 Å². The Morgan fingerprint density at radius 2 is 0.987 bits per heavy atom. The first kappa shape index (κ1) is 76.1. The van der Waals surface area contributed by atoms with Gasteiger partial charge in [-0.3, -0.25) is 19.2 Å². The number of likely N-dealkylation sites (N-methyl/N-ethyl adjacent to an activating group) is 2. The highest BCUT2D eigenvalue weighted by molar-refractivity contribution is 5.92. The summed E-state index contributed by atoms with van der Waals surface area (Å²) < 4.78 is 31.3. The number of esters is 3. The molecule has 444 valence electrons. The van der Waals surface area contributed by atoms with E-state index in [0.29, 0.717) is 61.0 Å². The zero-order valence-electron chi connectivity index (χ0n) is 52.1. The first-order chi connectivity index (χ1) is 36.8. The van der Waals surface area contributed by atoms with Crippen molar-refractivity contribution >= 4 is 41.7 Å². The molecule has 16 nitrogen and oxygen atoms in total. The van der Waals surface area contributed by atoms with E-state index in [9.17, 15) is 28.8 Å². The number of carbonyl (C=O) groups excluding carboxylic acids is 6. The predicted octanol–water partition coefficient (Wildman–Crippen LogP) is 13.4. The second-order valence-electron chi connectivity index (χ2n) is 19.7. The Labute approximate surface area is 471 Å². The molecule has 0 saturated heterocycles. The van der Waals surface area contributed by atoms with Crippen LogP contribution in [0.2, 0.25) is 0 Å². The van der Waals surface area contributed by atoms with Crippen LogP contribution in [0, 0.1) is 23.7 Å². The van der Waals surface area contributed by atoms with Crippen LogP contribution in [0.15, 0.2) is 60.7 Å². The number of hydrogen-bond donors (Lipinski definition) is 2. The van der Waals surface area contributed by atoms with Crippen molar-refractivity contribution in [3.05, 3.63) is 94.0 Å². The summed E-state index contributed by atoms with van der Waals surface area (Å²) >= 11 is 0. The average Bonchev–Trinajstić information content (AvgIpc) is 3.39. The summed E-state index contributed by atoms with van der Waals surface area (Å²) in [5.74, 6) is 0.696. The number of rotatable bonds is 24. The molecule has 3 amide bonds. The highest BCUT2D eigenvalue weighted by atomic mass is 16.6. The van der Waals surface area contributed by atoms with Crippen molar-refractivity contribution in [3.63, 3.8) is 0 Å². The lowest BCUT2D eigenvalue weighted by molar-refractivity contribution is -0.149. The van der Waals surface area contributed by atoms with Crippen LogP contribution in [0.1, 0.15) is 171 Å². The van der Waals surface area contributed by atoms with Crippen LogP contribution in [0.4, 0.5) is 15.3 Å². The Balaban J connectivity index is -0.00000108. The molecule has 0 aliphatic rings. The van der Waals surface area contributed by atoms with E-state index < -0.39 is 12.2 Å². The minimum absolute atomic E-state index is 0.0240. The highest BCUT2D eigenvalue weighted by Crippen LogP contribution is 2.26. The van der Waals surface area contributed by atoms with Crippen LogP contribution in [-0.4, -0.2) is 98.8 Å². The number of methoxy groups -OCH3 is 1. The number of nitrogens with one attached hydrogen (secondary N) is 2. The maximum absolute atomic E-state index is 12.3. The van der Waals surface area contributed by atoms with Crippen LogP contribution < -0.4 is 15.4 Å². The van der Waals surface area contributed by atoms with Gasteiger partial charge in [0, 0.05) is 53.1 Å². The molecule has 16 heteroatoms. The first-order valence-corrected chi connectivity index (χ1v) is 28.0. The fourth-order valence-electron chi connectivity index (χ4n) is 6.27. The number of hydrogen-bond acceptors (Lipinski definition) is 13. The molecule has 0 aliphatic carbocycles. The first-order valence-electron chi connectivity index (χ1n) is 28.0. The molecule has 0 atom stereocenters. The second-order valence-corrected chi connectivity index (χ2v) is 19.7. The van der Waals surface area contributed by atoms with Crippen LogP contribution in [0.25, 0.3) is 0 Å². The third-order valence-corrected chi connectivity index (χ3v) is 10.2. The number of anilines is 1. The number of carbonyl (C=O) groups is 6. The van der Waals surface area contributed by atoms with Gasteiger partial charge in [-0.15, -0.1) is 0 Å². The van der Waals surface area contributed by atoms with Gasteiger partial charge in [0.2, 0.25) is 5.91 Å². The van der Waals surface area contributed by atoms with Crippen molar-refractivity contribution in [2.75, 3.05) is 46.2 Å². The van der Waals surface area contributed by atoms with E-state index in [1.807, 2.05) is 113 Å². The minimum atomic E-state index is -0.526. The normalized spacial score (nSPS) is 10.2. The maximum atomic E-state index is 12.3. The minimum Gasteiger partial charge on any atom is -0.495 e. The van der Waals surface area contributed by atoms with E-state index >= 15 is 0 Å². The Morgan fingerprint density at radius 1 is 0.526 bits per heavy atom. The molecule has 78 heavy (non-hydrogen) atoms. The lowest BCUT2D eigenvalue weighted by Crippen LogP contribution is -2.38. The third kappa shape index (κ3) is 36.8. The summed E-state index contributed by atoms with van der Waals surface area (Å²) in [5.41, 5.74) is 6.64. The van der Waals surface area contributed by atoms with Gasteiger partial charge >= 0.3 is 30.1 Å². The number of nitrogens with zero attached hydrogens (tertiary/aromatic N) is 2. The van der Waals surface area contributed by atoms with E-state index in [1.54, 1.807) is 46.1 Å². The van der Waals surface area contributed by atoms with Gasteiger partial charge < -0.3 is 48.9 Å². The van der Waals surface area contributed by atoms with E-state index in [0.717, 1.165) is 35.1 Å². The Kier molecular flexibility index (Phi) is 43.7. The summed E-state index contributed by atoms with van der Waals surface area (Å²) in [5, 5.41) is 6.03. The van der Waals surface area contributed by atoms with E-state index in [4.69, 9.17) is 28.4 Å². The largest absolute Gasteiger partial charge is 0.495 e. The molecule has 0 aliphatic heterocycles. The molecule has 0 unspecified atom stereocenters. The molecule has 3 rings (SSSR count). The van der Waals surface area contributed by atoms with Crippen LogP contribution in [-0.2, 0) is 82.1 Å². The van der Waals surface area contributed by atoms with Crippen LogP contribution in [0.5, 0.6) is 5.75 Å². The van der Waals surface area contributed by atoms with Crippen molar-refractivity contribution in [2.24, 2.45) is 23.7 Å². The monoisotopic (exact) mass is 1100 g/mol. The molecular weight excluding hydrogens is 993 g/mol.